The van der Waals surface area contributed by atoms with Gasteiger partial charge in [0, 0.05) is 51.8 Å². The lowest BCUT2D eigenvalue weighted by Crippen LogP contribution is -2.47. The van der Waals surface area contributed by atoms with Gasteiger partial charge in [-0.05, 0) is 19.1 Å². The van der Waals surface area contributed by atoms with Crippen LogP contribution in [0.15, 0.2) is 27.6 Å². The molecule has 2 saturated heterocycles. The normalized spacial score (nSPS) is 19.5. The van der Waals surface area contributed by atoms with Gasteiger partial charge in [0.2, 0.25) is 15.9 Å². The molecule has 1 atom stereocenters. The number of sulfonamides is 1. The van der Waals surface area contributed by atoms with Crippen molar-refractivity contribution in [3.05, 3.63) is 40.0 Å². The lowest BCUT2D eigenvalue weighted by atomic mass is 10.2. The molecule has 13 heteroatoms. The monoisotopic (exact) mass is 480 g/mol. The van der Waals surface area contributed by atoms with Gasteiger partial charge in [-0.1, -0.05) is 12.1 Å². The standard InChI is InChI=1S/C20H28N6O6S/c1-3-19-21-20(32-22-19)15(2)23-6-8-24(9-7-23)17-5-4-16(14-18(17)26(27)28)33(29,30)25-10-12-31-13-11-25/h4-5,14-15H,3,6-13H2,1-2H3. The first-order chi connectivity index (χ1) is 15.8. The predicted molar refractivity (Wildman–Crippen MR) is 119 cm³/mol. The average Bonchev–Trinajstić information content (AvgIpc) is 3.33. The second kappa shape index (κ2) is 9.71. The Morgan fingerprint density at radius 1 is 1.15 bits per heavy atom. The van der Waals surface area contributed by atoms with Crippen molar-refractivity contribution in [3.63, 3.8) is 0 Å². The zero-order chi connectivity index (χ0) is 23.6. The molecule has 1 aromatic heterocycles. The zero-order valence-corrected chi connectivity index (χ0v) is 19.5. The van der Waals surface area contributed by atoms with Crippen LogP contribution in [0.2, 0.25) is 0 Å². The first-order valence-corrected chi connectivity index (χ1v) is 12.4. The predicted octanol–water partition coefficient (Wildman–Crippen LogP) is 1.44. The molecule has 0 bridgehead atoms. The van der Waals surface area contributed by atoms with Crippen molar-refractivity contribution in [1.29, 1.82) is 0 Å². The largest absolute Gasteiger partial charge is 0.379 e. The SMILES string of the molecule is CCc1noc(C(C)N2CCN(c3ccc(S(=O)(=O)N4CCOCC4)cc3[N+](=O)[O-])CC2)n1. The number of nitro groups is 1. The van der Waals surface area contributed by atoms with Crippen molar-refractivity contribution in [2.75, 3.05) is 57.4 Å². The third kappa shape index (κ3) is 4.86. The van der Waals surface area contributed by atoms with E-state index in [1.807, 2.05) is 18.7 Å². The van der Waals surface area contributed by atoms with Crippen LogP contribution in [0, 0.1) is 10.1 Å². The second-order valence-electron chi connectivity index (χ2n) is 8.03. The number of aromatic nitrogens is 2. The van der Waals surface area contributed by atoms with Crippen LogP contribution in [0.5, 0.6) is 0 Å². The quantitative estimate of drug-likeness (QED) is 0.423. The Kier molecular flexibility index (Phi) is 6.93. The molecule has 0 spiro atoms. The number of rotatable bonds is 7. The van der Waals surface area contributed by atoms with Gasteiger partial charge in [-0.25, -0.2) is 8.42 Å². The summed E-state index contributed by atoms with van der Waals surface area (Å²) >= 11 is 0. The molecule has 2 aromatic rings. The van der Waals surface area contributed by atoms with Crippen LogP contribution in [-0.4, -0.2) is 85.2 Å². The molecule has 2 fully saturated rings. The molecule has 2 aliphatic rings. The topological polar surface area (TPSA) is 135 Å². The van der Waals surface area contributed by atoms with Crippen LogP contribution in [0.4, 0.5) is 11.4 Å². The summed E-state index contributed by atoms with van der Waals surface area (Å²) < 4.78 is 37.7. The van der Waals surface area contributed by atoms with E-state index >= 15 is 0 Å². The van der Waals surface area contributed by atoms with E-state index in [1.54, 1.807) is 0 Å². The molecule has 4 rings (SSSR count). The zero-order valence-electron chi connectivity index (χ0n) is 18.7. The first kappa shape index (κ1) is 23.5. The van der Waals surface area contributed by atoms with Gasteiger partial charge < -0.3 is 14.2 Å². The summed E-state index contributed by atoms with van der Waals surface area (Å²) in [5, 5.41) is 15.8. The van der Waals surface area contributed by atoms with Gasteiger partial charge in [-0.2, -0.15) is 9.29 Å². The maximum atomic E-state index is 12.9. The molecule has 0 saturated carbocycles. The summed E-state index contributed by atoms with van der Waals surface area (Å²) in [5.41, 5.74) is 0.203. The fraction of sp³-hybridized carbons (Fsp3) is 0.600. The van der Waals surface area contributed by atoms with Crippen molar-refractivity contribution in [2.45, 2.75) is 31.2 Å². The van der Waals surface area contributed by atoms with Gasteiger partial charge >= 0.3 is 0 Å². The third-order valence-corrected chi connectivity index (χ3v) is 8.01. The van der Waals surface area contributed by atoms with Crippen LogP contribution in [0.25, 0.3) is 0 Å². The molecule has 0 N–H and O–H groups in total. The van der Waals surface area contributed by atoms with Crippen LogP contribution in [0.1, 0.15) is 31.6 Å². The van der Waals surface area contributed by atoms with Crippen molar-refractivity contribution < 1.29 is 22.6 Å². The summed E-state index contributed by atoms with van der Waals surface area (Å²) in [6.07, 6.45) is 0.699. The van der Waals surface area contributed by atoms with Crippen molar-refractivity contribution in [1.82, 2.24) is 19.3 Å². The average molecular weight is 481 g/mol. The van der Waals surface area contributed by atoms with E-state index in [-0.39, 0.29) is 29.7 Å². The van der Waals surface area contributed by atoms with E-state index < -0.39 is 14.9 Å². The highest BCUT2D eigenvalue weighted by molar-refractivity contribution is 7.89. The molecule has 0 aliphatic carbocycles. The maximum absolute atomic E-state index is 12.9. The minimum Gasteiger partial charge on any atom is -0.379 e. The molecule has 0 radical (unpaired) electrons. The molecular formula is C20H28N6O6S. The number of aryl methyl sites for hydroxylation is 1. The molecular weight excluding hydrogens is 452 g/mol. The Morgan fingerprint density at radius 3 is 2.45 bits per heavy atom. The van der Waals surface area contributed by atoms with Crippen molar-refractivity contribution >= 4 is 21.4 Å². The number of piperazine rings is 1. The minimum atomic E-state index is -3.82. The highest BCUT2D eigenvalue weighted by Gasteiger charge is 2.32. The Bertz CT molecular complexity index is 1090. The number of morpholine rings is 1. The number of hydrogen-bond donors (Lipinski definition) is 0. The van der Waals surface area contributed by atoms with E-state index in [0.29, 0.717) is 63.2 Å². The minimum absolute atomic E-state index is 0.0593. The number of ether oxygens (including phenoxy) is 1. The van der Waals surface area contributed by atoms with Crippen molar-refractivity contribution in [3.8, 4) is 0 Å². The number of benzene rings is 1. The summed E-state index contributed by atoms with van der Waals surface area (Å²) in [5.74, 6) is 1.22. The van der Waals surface area contributed by atoms with Crippen LogP contribution < -0.4 is 4.90 Å². The molecule has 1 aromatic carbocycles. The molecule has 12 nitrogen and oxygen atoms in total. The molecule has 33 heavy (non-hydrogen) atoms. The summed E-state index contributed by atoms with van der Waals surface area (Å²) in [6.45, 7) is 7.45. The van der Waals surface area contributed by atoms with Crippen LogP contribution in [0.3, 0.4) is 0 Å². The highest BCUT2D eigenvalue weighted by Crippen LogP contribution is 2.33. The molecule has 3 heterocycles. The van der Waals surface area contributed by atoms with Gasteiger partial charge in [0.25, 0.3) is 5.69 Å². The number of nitrogens with zero attached hydrogens (tertiary/aromatic N) is 6. The lowest BCUT2D eigenvalue weighted by Gasteiger charge is -2.37. The van der Waals surface area contributed by atoms with E-state index in [4.69, 9.17) is 9.26 Å². The fourth-order valence-corrected chi connectivity index (χ4v) is 5.53. The van der Waals surface area contributed by atoms with E-state index in [0.717, 1.165) is 0 Å². The third-order valence-electron chi connectivity index (χ3n) is 6.11. The summed E-state index contributed by atoms with van der Waals surface area (Å²) in [4.78, 5) is 19.7. The Labute approximate surface area is 192 Å². The van der Waals surface area contributed by atoms with Crippen LogP contribution >= 0.6 is 0 Å². The van der Waals surface area contributed by atoms with Gasteiger partial charge in [0.15, 0.2) is 5.82 Å². The van der Waals surface area contributed by atoms with E-state index in [9.17, 15) is 18.5 Å². The van der Waals surface area contributed by atoms with Gasteiger partial charge in [0.1, 0.15) is 5.69 Å². The van der Waals surface area contributed by atoms with Crippen molar-refractivity contribution in [2.24, 2.45) is 0 Å². The Balaban J connectivity index is 1.49. The number of anilines is 1. The maximum Gasteiger partial charge on any atom is 0.293 e. The van der Waals surface area contributed by atoms with Gasteiger partial charge in [-0.15, -0.1) is 0 Å². The molecule has 0 amide bonds. The lowest BCUT2D eigenvalue weighted by molar-refractivity contribution is -0.384. The Morgan fingerprint density at radius 2 is 1.85 bits per heavy atom. The first-order valence-electron chi connectivity index (χ1n) is 11.0. The second-order valence-corrected chi connectivity index (χ2v) is 9.96. The van der Waals surface area contributed by atoms with Crippen LogP contribution in [-0.2, 0) is 21.2 Å². The molecule has 2 aliphatic heterocycles. The molecule has 1 unspecified atom stereocenters. The number of nitro benzene ring substituents is 1. The fourth-order valence-electron chi connectivity index (χ4n) is 4.10. The summed E-state index contributed by atoms with van der Waals surface area (Å²) in [7, 11) is -3.82. The Hall–Kier alpha value is -2.61. The number of hydrogen-bond acceptors (Lipinski definition) is 10. The van der Waals surface area contributed by atoms with Gasteiger partial charge in [-0.3, -0.25) is 15.0 Å². The highest BCUT2D eigenvalue weighted by atomic mass is 32.2. The van der Waals surface area contributed by atoms with Gasteiger partial charge in [0.05, 0.1) is 29.1 Å². The smallest absolute Gasteiger partial charge is 0.293 e. The van der Waals surface area contributed by atoms with E-state index in [1.165, 1.54) is 22.5 Å². The van der Waals surface area contributed by atoms with E-state index in [2.05, 4.69) is 15.0 Å². The summed E-state index contributed by atoms with van der Waals surface area (Å²) in [6, 6.07) is 4.10. The molecule has 180 valence electrons.